The Labute approximate surface area is 318 Å². The first-order valence-electron chi connectivity index (χ1n) is 21.1. The van der Waals surface area contributed by atoms with Crippen LogP contribution in [0.15, 0.2) is 10.2 Å². The van der Waals surface area contributed by atoms with Gasteiger partial charge in [-0.2, -0.15) is 10.2 Å². The highest BCUT2D eigenvalue weighted by atomic mass is 31.2. The van der Waals surface area contributed by atoms with Crippen LogP contribution in [-0.2, 0) is 32.7 Å². The Hall–Kier alpha value is -1.39. The minimum atomic E-state index is -4.64. The van der Waals surface area contributed by atoms with Crippen molar-refractivity contribution in [2.75, 3.05) is 47.5 Å². The number of likely N-dealkylation sites (N-methyl/N-ethyl adjacent to an activating group) is 1. The topological polar surface area (TPSA) is 136 Å². The number of rotatable bonds is 38. The molecule has 306 valence electrons. The van der Waals surface area contributed by atoms with Gasteiger partial charge in [0, 0.05) is 12.8 Å². The smallest absolute Gasteiger partial charge is 0.306 e. The number of nitrogens with zero attached hydrogens (tertiary/aromatic N) is 3. The Bertz CT molecular complexity index is 984. The fourth-order valence-corrected chi connectivity index (χ4v) is 6.89. The first kappa shape index (κ1) is 48.6. The SMILES string of the molecule is CCCCCCCCCCCCCCCC(=O)OCC(COP(=O)([O-])OCC[N+](C)(C)C)OC(=O)CCCCC1(CCCCCCCCCC)N=N1. The third-order valence-electron chi connectivity index (χ3n) is 9.66. The van der Waals surface area contributed by atoms with Crippen molar-refractivity contribution in [3.63, 3.8) is 0 Å². The molecule has 2 unspecified atom stereocenters. The highest BCUT2D eigenvalue weighted by Crippen LogP contribution is 2.39. The van der Waals surface area contributed by atoms with E-state index < -0.39 is 32.5 Å². The van der Waals surface area contributed by atoms with Gasteiger partial charge in [-0.3, -0.25) is 14.2 Å². The Morgan fingerprint density at radius 1 is 0.615 bits per heavy atom. The Balaban J connectivity index is 2.36. The van der Waals surface area contributed by atoms with Gasteiger partial charge in [0.15, 0.2) is 11.8 Å². The van der Waals surface area contributed by atoms with Crippen LogP contribution in [0.3, 0.4) is 0 Å². The van der Waals surface area contributed by atoms with Crippen LogP contribution >= 0.6 is 7.82 Å². The van der Waals surface area contributed by atoms with E-state index in [0.717, 1.165) is 44.9 Å². The zero-order chi connectivity index (χ0) is 38.4. The standard InChI is InChI=1S/C40H78N3O8P/c1-6-8-10-12-14-16-17-18-19-20-21-23-25-29-38(44)48-35-37(36-50-52(46,47)49-34-33-43(3,4)5)51-39(45)30-26-28-32-40(41-42-40)31-27-24-22-15-13-11-9-7-2/h37H,6-36H2,1-5H3. The van der Waals surface area contributed by atoms with E-state index in [-0.39, 0.29) is 31.7 Å². The molecule has 0 aliphatic carbocycles. The summed E-state index contributed by atoms with van der Waals surface area (Å²) in [5.41, 5.74) is -0.273. The van der Waals surface area contributed by atoms with Crippen LogP contribution < -0.4 is 4.89 Å². The van der Waals surface area contributed by atoms with Crippen LogP contribution in [0.5, 0.6) is 0 Å². The lowest BCUT2D eigenvalue weighted by Gasteiger charge is -2.28. The van der Waals surface area contributed by atoms with Crippen LogP contribution in [0.4, 0.5) is 0 Å². The second-order valence-electron chi connectivity index (χ2n) is 16.0. The highest BCUT2D eigenvalue weighted by molar-refractivity contribution is 7.45. The predicted octanol–water partition coefficient (Wildman–Crippen LogP) is 10.4. The fraction of sp³-hybridized carbons (Fsp3) is 0.950. The summed E-state index contributed by atoms with van der Waals surface area (Å²) in [5.74, 6) is -0.887. The molecule has 0 aromatic carbocycles. The van der Waals surface area contributed by atoms with Crippen molar-refractivity contribution in [3.05, 3.63) is 0 Å². The van der Waals surface area contributed by atoms with E-state index in [2.05, 4.69) is 24.1 Å². The normalized spacial score (nSPS) is 15.3. The number of carbonyl (C=O) groups excluding carboxylic acids is 2. The molecule has 0 spiro atoms. The Morgan fingerprint density at radius 3 is 1.52 bits per heavy atom. The Kier molecular flexibility index (Phi) is 28.0. The molecule has 12 heteroatoms. The molecule has 1 aliphatic heterocycles. The summed E-state index contributed by atoms with van der Waals surface area (Å²) in [5, 5.41) is 8.63. The fourth-order valence-electron chi connectivity index (χ4n) is 6.16. The van der Waals surface area contributed by atoms with Crippen molar-refractivity contribution in [1.82, 2.24) is 0 Å². The molecular weight excluding hydrogens is 681 g/mol. The van der Waals surface area contributed by atoms with Crippen molar-refractivity contribution in [1.29, 1.82) is 0 Å². The van der Waals surface area contributed by atoms with Crippen molar-refractivity contribution in [2.24, 2.45) is 10.2 Å². The lowest BCUT2D eigenvalue weighted by Crippen LogP contribution is -2.37. The number of phosphoric ester groups is 1. The summed E-state index contributed by atoms with van der Waals surface area (Å²) in [7, 11) is 1.13. The molecule has 0 bridgehead atoms. The maximum atomic E-state index is 12.7. The van der Waals surface area contributed by atoms with Gasteiger partial charge in [0.25, 0.3) is 7.82 Å². The number of hydrogen-bond donors (Lipinski definition) is 0. The number of esters is 2. The molecule has 0 saturated carbocycles. The first-order valence-corrected chi connectivity index (χ1v) is 22.6. The van der Waals surface area contributed by atoms with E-state index in [4.69, 9.17) is 18.5 Å². The largest absolute Gasteiger partial charge is 0.756 e. The third kappa shape index (κ3) is 30.0. The second-order valence-corrected chi connectivity index (χ2v) is 17.4. The van der Waals surface area contributed by atoms with Gasteiger partial charge in [-0.15, -0.1) is 0 Å². The van der Waals surface area contributed by atoms with Crippen LogP contribution in [0, 0.1) is 0 Å². The minimum Gasteiger partial charge on any atom is -0.756 e. The molecule has 1 aliphatic rings. The molecule has 1 rings (SSSR count). The van der Waals surface area contributed by atoms with E-state index in [1.165, 1.54) is 109 Å². The van der Waals surface area contributed by atoms with Gasteiger partial charge < -0.3 is 27.9 Å². The van der Waals surface area contributed by atoms with Gasteiger partial charge in [0.2, 0.25) is 0 Å². The molecule has 0 aromatic heterocycles. The lowest BCUT2D eigenvalue weighted by molar-refractivity contribution is -0.870. The molecule has 52 heavy (non-hydrogen) atoms. The number of hydrogen-bond acceptors (Lipinski definition) is 10. The van der Waals surface area contributed by atoms with Crippen molar-refractivity contribution < 1.29 is 42.1 Å². The number of quaternary nitrogens is 1. The maximum absolute atomic E-state index is 12.7. The Morgan fingerprint density at radius 2 is 1.04 bits per heavy atom. The molecule has 2 atom stereocenters. The number of ether oxygens (including phenoxy) is 2. The van der Waals surface area contributed by atoms with Crippen LogP contribution in [-0.4, -0.2) is 75.7 Å². The van der Waals surface area contributed by atoms with E-state index in [9.17, 15) is 19.0 Å². The van der Waals surface area contributed by atoms with E-state index in [0.29, 0.717) is 17.4 Å². The van der Waals surface area contributed by atoms with Crippen molar-refractivity contribution >= 4 is 19.8 Å². The summed E-state index contributed by atoms with van der Waals surface area (Å²) in [6, 6.07) is 0. The van der Waals surface area contributed by atoms with Crippen LogP contribution in [0.1, 0.15) is 187 Å². The van der Waals surface area contributed by atoms with Gasteiger partial charge in [-0.05, 0) is 38.5 Å². The molecule has 11 nitrogen and oxygen atoms in total. The van der Waals surface area contributed by atoms with E-state index in [1.54, 1.807) is 0 Å². The highest BCUT2D eigenvalue weighted by Gasteiger charge is 2.38. The average molecular weight is 760 g/mol. The number of carbonyl (C=O) groups is 2. The molecule has 0 fully saturated rings. The van der Waals surface area contributed by atoms with E-state index >= 15 is 0 Å². The zero-order valence-corrected chi connectivity index (χ0v) is 34.9. The summed E-state index contributed by atoms with van der Waals surface area (Å²) in [4.78, 5) is 37.6. The monoisotopic (exact) mass is 760 g/mol. The van der Waals surface area contributed by atoms with Gasteiger partial charge in [0.1, 0.15) is 19.8 Å². The number of unbranched alkanes of at least 4 members (excludes halogenated alkanes) is 20. The summed E-state index contributed by atoms with van der Waals surface area (Å²) in [6.07, 6.45) is 28.5. The maximum Gasteiger partial charge on any atom is 0.306 e. The molecule has 0 amide bonds. The predicted molar refractivity (Wildman–Crippen MR) is 207 cm³/mol. The summed E-state index contributed by atoms with van der Waals surface area (Å²) in [6.45, 7) is 4.15. The van der Waals surface area contributed by atoms with E-state index in [1.807, 2.05) is 21.1 Å². The molecule has 1 heterocycles. The zero-order valence-electron chi connectivity index (χ0n) is 34.1. The van der Waals surface area contributed by atoms with Crippen molar-refractivity contribution in [2.45, 2.75) is 199 Å². The van der Waals surface area contributed by atoms with Gasteiger partial charge in [0.05, 0.1) is 27.7 Å². The second kappa shape index (κ2) is 29.9. The van der Waals surface area contributed by atoms with Crippen LogP contribution in [0.2, 0.25) is 0 Å². The summed E-state index contributed by atoms with van der Waals surface area (Å²) >= 11 is 0. The third-order valence-corrected chi connectivity index (χ3v) is 10.6. The molecule has 0 radical (unpaired) electrons. The van der Waals surface area contributed by atoms with Crippen LogP contribution in [0.25, 0.3) is 0 Å². The van der Waals surface area contributed by atoms with Gasteiger partial charge in [-0.1, -0.05) is 136 Å². The first-order chi connectivity index (χ1) is 24.9. The molecule has 0 N–H and O–H groups in total. The van der Waals surface area contributed by atoms with Gasteiger partial charge >= 0.3 is 11.9 Å². The van der Waals surface area contributed by atoms with Crippen molar-refractivity contribution in [3.8, 4) is 0 Å². The lowest BCUT2D eigenvalue weighted by atomic mass is 9.98. The summed E-state index contributed by atoms with van der Waals surface area (Å²) < 4.78 is 33.9. The number of phosphoric acid groups is 1. The molecular formula is C40H78N3O8P. The van der Waals surface area contributed by atoms with Gasteiger partial charge in [-0.25, -0.2) is 0 Å². The minimum absolute atomic E-state index is 0.0397. The quantitative estimate of drug-likeness (QED) is 0.0263. The molecule has 0 saturated heterocycles. The molecule has 0 aromatic rings. The average Bonchev–Trinajstić information content (AvgIpc) is 3.86.